The van der Waals surface area contributed by atoms with Crippen LogP contribution >= 0.6 is 23.4 Å². The number of hydrogen-bond acceptors (Lipinski definition) is 7. The van der Waals surface area contributed by atoms with Crippen molar-refractivity contribution in [3.05, 3.63) is 63.2 Å². The number of amides is 1. The zero-order valence-electron chi connectivity index (χ0n) is 16.9. The summed E-state index contributed by atoms with van der Waals surface area (Å²) < 4.78 is 25.9. The van der Waals surface area contributed by atoms with Gasteiger partial charge in [-0.25, -0.2) is 17.7 Å². The third-order valence-corrected chi connectivity index (χ3v) is 7.64. The number of sulfonamides is 1. The van der Waals surface area contributed by atoms with Crippen molar-refractivity contribution < 1.29 is 18.1 Å². The van der Waals surface area contributed by atoms with Crippen LogP contribution in [0.15, 0.2) is 52.4 Å². The maximum Gasteiger partial charge on any atom is 0.288 e. The molecule has 164 valence electrons. The van der Waals surface area contributed by atoms with Crippen LogP contribution in [0.3, 0.4) is 0 Å². The Hall–Kier alpha value is -2.47. The van der Waals surface area contributed by atoms with Gasteiger partial charge in [0.25, 0.3) is 11.6 Å². The van der Waals surface area contributed by atoms with E-state index in [9.17, 15) is 23.3 Å². The quantitative estimate of drug-likeness (QED) is 0.473. The Kier molecular flexibility index (Phi) is 6.70. The monoisotopic (exact) mass is 482 g/mol. The molecule has 3 rings (SSSR count). The summed E-state index contributed by atoms with van der Waals surface area (Å²) in [6.07, 6.45) is 0. The third-order valence-electron chi connectivity index (χ3n) is 4.43. The number of carbonyl (C=O) groups excluding carboxylic acids is 1. The summed E-state index contributed by atoms with van der Waals surface area (Å²) in [6, 6.07) is 9.99. The van der Waals surface area contributed by atoms with E-state index in [2.05, 4.69) is 4.99 Å². The van der Waals surface area contributed by atoms with E-state index in [1.165, 1.54) is 55.0 Å². The number of rotatable bonds is 5. The second-order valence-electron chi connectivity index (χ2n) is 6.95. The van der Waals surface area contributed by atoms with E-state index in [4.69, 9.17) is 11.6 Å². The van der Waals surface area contributed by atoms with Crippen molar-refractivity contribution in [3.8, 4) is 0 Å². The number of nitro benzene ring substituents is 1. The van der Waals surface area contributed by atoms with Gasteiger partial charge in [-0.15, -0.1) is 0 Å². The summed E-state index contributed by atoms with van der Waals surface area (Å²) in [5.74, 6) is -0.451. The lowest BCUT2D eigenvalue weighted by Crippen LogP contribution is -2.32. The van der Waals surface area contributed by atoms with Gasteiger partial charge in [-0.2, -0.15) is 0 Å². The van der Waals surface area contributed by atoms with E-state index in [-0.39, 0.29) is 26.4 Å². The maximum absolute atomic E-state index is 13.1. The van der Waals surface area contributed by atoms with Crippen LogP contribution in [-0.4, -0.2) is 59.5 Å². The van der Waals surface area contributed by atoms with Crippen LogP contribution in [0.25, 0.3) is 0 Å². The molecular weight excluding hydrogens is 464 g/mol. The largest absolute Gasteiger partial charge is 0.288 e. The first-order valence-corrected chi connectivity index (χ1v) is 11.7. The van der Waals surface area contributed by atoms with Crippen molar-refractivity contribution in [2.75, 3.05) is 20.6 Å². The molecule has 0 N–H and O–H groups in total. The highest BCUT2D eigenvalue weighted by Crippen LogP contribution is 2.32. The number of thioether (sulfide) groups is 1. The molecule has 1 unspecified atom stereocenters. The van der Waals surface area contributed by atoms with Gasteiger partial charge < -0.3 is 0 Å². The molecule has 0 aromatic heterocycles. The lowest BCUT2D eigenvalue weighted by molar-refractivity contribution is -0.384. The molecule has 0 saturated carbocycles. The van der Waals surface area contributed by atoms with Crippen molar-refractivity contribution in [2.45, 2.75) is 17.1 Å². The van der Waals surface area contributed by atoms with Crippen LogP contribution in [0.4, 0.5) is 11.4 Å². The molecule has 1 aliphatic rings. The Bertz CT molecular complexity index is 1180. The molecule has 31 heavy (non-hydrogen) atoms. The zero-order valence-corrected chi connectivity index (χ0v) is 19.2. The molecule has 2 aromatic rings. The second kappa shape index (κ2) is 8.95. The summed E-state index contributed by atoms with van der Waals surface area (Å²) in [7, 11) is -0.756. The van der Waals surface area contributed by atoms with Gasteiger partial charge in [-0.1, -0.05) is 36.4 Å². The van der Waals surface area contributed by atoms with Crippen molar-refractivity contribution in [3.63, 3.8) is 0 Å². The average molecular weight is 483 g/mol. The van der Waals surface area contributed by atoms with Crippen LogP contribution in [0.2, 0.25) is 5.02 Å². The predicted octanol–water partition coefficient (Wildman–Crippen LogP) is 3.76. The highest BCUT2D eigenvalue weighted by atomic mass is 35.5. The standard InChI is InChI=1S/C19H19ClN4O5S2/c1-12-11-23(18(25)13-7-8-16(20)17(9-13)24(26)27)19(30-12)21-14-5-4-6-15(10-14)31(28,29)22(2)3/h4-10,12H,11H2,1-3H3. The molecule has 0 aliphatic carbocycles. The summed E-state index contributed by atoms with van der Waals surface area (Å²) in [5.41, 5.74) is 0.134. The Balaban J connectivity index is 1.97. The number of nitro groups is 1. The number of aliphatic imine (C=N–C) groups is 1. The van der Waals surface area contributed by atoms with Gasteiger partial charge >= 0.3 is 0 Å². The van der Waals surface area contributed by atoms with Gasteiger partial charge in [0.2, 0.25) is 10.0 Å². The van der Waals surface area contributed by atoms with Gasteiger partial charge in [0.05, 0.1) is 15.5 Å². The number of hydrogen-bond donors (Lipinski definition) is 0. The third kappa shape index (κ3) is 4.90. The molecule has 1 fully saturated rings. The minimum atomic E-state index is -3.63. The normalized spacial score (nSPS) is 18.0. The Labute approximate surface area is 188 Å². The van der Waals surface area contributed by atoms with Gasteiger partial charge in [-0.05, 0) is 30.3 Å². The first kappa shape index (κ1) is 23.2. The SMILES string of the molecule is CC1CN(C(=O)c2ccc(Cl)c([N+](=O)[O-])c2)C(=Nc2cccc(S(=O)(=O)N(C)C)c2)S1. The van der Waals surface area contributed by atoms with Crippen LogP contribution in [0.1, 0.15) is 17.3 Å². The van der Waals surface area contributed by atoms with E-state index in [0.717, 1.165) is 10.4 Å². The molecule has 12 heteroatoms. The summed E-state index contributed by atoms with van der Waals surface area (Å²) in [6.45, 7) is 2.28. The van der Waals surface area contributed by atoms with E-state index >= 15 is 0 Å². The van der Waals surface area contributed by atoms with E-state index in [1.54, 1.807) is 12.1 Å². The van der Waals surface area contributed by atoms with Crippen molar-refractivity contribution in [1.82, 2.24) is 9.21 Å². The lowest BCUT2D eigenvalue weighted by atomic mass is 10.1. The minimum Gasteiger partial charge on any atom is -0.286 e. The average Bonchev–Trinajstić information content (AvgIpc) is 3.07. The second-order valence-corrected chi connectivity index (χ2v) is 10.9. The molecule has 1 aliphatic heterocycles. The number of carbonyl (C=O) groups is 1. The maximum atomic E-state index is 13.1. The van der Waals surface area contributed by atoms with Gasteiger partial charge in [0.1, 0.15) is 5.02 Å². The first-order valence-electron chi connectivity index (χ1n) is 9.04. The van der Waals surface area contributed by atoms with E-state index in [1.807, 2.05) is 6.92 Å². The Morgan fingerprint density at radius 3 is 2.65 bits per heavy atom. The highest BCUT2D eigenvalue weighted by molar-refractivity contribution is 8.14. The fourth-order valence-corrected chi connectivity index (χ4v) is 5.00. The number of benzene rings is 2. The molecule has 2 aromatic carbocycles. The van der Waals surface area contributed by atoms with Crippen LogP contribution in [0, 0.1) is 10.1 Å². The minimum absolute atomic E-state index is 0.0404. The molecule has 9 nitrogen and oxygen atoms in total. The lowest BCUT2D eigenvalue weighted by Gasteiger charge is -2.16. The van der Waals surface area contributed by atoms with Gasteiger partial charge in [-0.3, -0.25) is 19.8 Å². The molecule has 1 heterocycles. The molecule has 0 bridgehead atoms. The molecule has 1 saturated heterocycles. The number of amidine groups is 1. The summed E-state index contributed by atoms with van der Waals surface area (Å²) in [5, 5.41) is 11.5. The first-order chi connectivity index (χ1) is 14.5. The van der Waals surface area contributed by atoms with Crippen molar-refractivity contribution >= 4 is 55.8 Å². The Morgan fingerprint density at radius 2 is 2.00 bits per heavy atom. The van der Waals surface area contributed by atoms with Crippen LogP contribution < -0.4 is 0 Å². The molecule has 1 amide bonds. The van der Waals surface area contributed by atoms with Crippen molar-refractivity contribution in [1.29, 1.82) is 0 Å². The van der Waals surface area contributed by atoms with Crippen LogP contribution in [0.5, 0.6) is 0 Å². The summed E-state index contributed by atoms with van der Waals surface area (Å²) >= 11 is 7.20. The molecular formula is C19H19ClN4O5S2. The fraction of sp³-hybridized carbons (Fsp3) is 0.263. The molecule has 1 atom stereocenters. The zero-order chi connectivity index (χ0) is 22.9. The highest BCUT2D eigenvalue weighted by Gasteiger charge is 2.32. The molecule has 0 radical (unpaired) electrons. The van der Waals surface area contributed by atoms with Gasteiger partial charge in [0, 0.05) is 37.5 Å². The predicted molar refractivity (Wildman–Crippen MR) is 121 cm³/mol. The topological polar surface area (TPSA) is 113 Å². The van der Waals surface area contributed by atoms with E-state index < -0.39 is 20.9 Å². The van der Waals surface area contributed by atoms with E-state index in [0.29, 0.717) is 17.4 Å². The Morgan fingerprint density at radius 1 is 1.29 bits per heavy atom. The van der Waals surface area contributed by atoms with Crippen molar-refractivity contribution in [2.24, 2.45) is 4.99 Å². The summed E-state index contributed by atoms with van der Waals surface area (Å²) in [4.78, 5) is 29.6. The fourth-order valence-electron chi connectivity index (χ4n) is 2.85. The van der Waals surface area contributed by atoms with Crippen LogP contribution in [-0.2, 0) is 10.0 Å². The molecule has 0 spiro atoms. The smallest absolute Gasteiger partial charge is 0.286 e. The number of nitrogens with zero attached hydrogens (tertiary/aromatic N) is 4. The number of halogens is 1. The van der Waals surface area contributed by atoms with Gasteiger partial charge in [0.15, 0.2) is 5.17 Å².